The fourth-order valence-electron chi connectivity index (χ4n) is 3.35. The minimum atomic E-state index is -0.182. The highest BCUT2D eigenvalue weighted by Crippen LogP contribution is 2.29. The molecule has 3 aromatic carbocycles. The minimum absolute atomic E-state index is 0.182. The lowest BCUT2D eigenvalue weighted by molar-refractivity contribution is 0.302. The lowest BCUT2D eigenvalue weighted by Gasteiger charge is -2.12. The van der Waals surface area contributed by atoms with Crippen molar-refractivity contribution in [3.63, 3.8) is 0 Å². The van der Waals surface area contributed by atoms with Gasteiger partial charge >= 0.3 is 0 Å². The van der Waals surface area contributed by atoms with Crippen LogP contribution in [0.5, 0.6) is 5.75 Å². The highest BCUT2D eigenvalue weighted by Gasteiger charge is 2.12. The van der Waals surface area contributed by atoms with Gasteiger partial charge in [0.05, 0.1) is 24.3 Å². The Hall–Kier alpha value is -1.50. The molecule has 1 aromatic heterocycles. The molecular weight excluding hydrogens is 743 g/mol. The van der Waals surface area contributed by atoms with Gasteiger partial charge in [-0.05, 0) is 105 Å². The van der Waals surface area contributed by atoms with Gasteiger partial charge in [-0.2, -0.15) is 9.78 Å². The second kappa shape index (κ2) is 11.5. The third-order valence-corrected chi connectivity index (χ3v) is 7.34. The van der Waals surface area contributed by atoms with E-state index in [1.54, 1.807) is 12.3 Å². The van der Waals surface area contributed by atoms with Gasteiger partial charge in [-0.1, -0.05) is 46.6 Å². The van der Waals surface area contributed by atoms with Gasteiger partial charge in [0.1, 0.15) is 18.2 Å². The first-order valence-corrected chi connectivity index (χ1v) is 13.8. The van der Waals surface area contributed by atoms with Crippen LogP contribution in [-0.4, -0.2) is 15.9 Å². The van der Waals surface area contributed by atoms with Crippen molar-refractivity contribution in [2.75, 3.05) is 0 Å². The summed E-state index contributed by atoms with van der Waals surface area (Å²) in [6.45, 7) is 2.50. The number of fused-ring (bicyclic) bond motifs is 1. The molecule has 5 nitrogen and oxygen atoms in total. The Bertz CT molecular complexity index is 1420. The van der Waals surface area contributed by atoms with E-state index in [9.17, 15) is 4.79 Å². The van der Waals surface area contributed by atoms with Crippen LogP contribution in [-0.2, 0) is 13.0 Å². The molecule has 174 valence electrons. The molecule has 0 radical (unpaired) electrons. The van der Waals surface area contributed by atoms with E-state index in [0.717, 1.165) is 34.9 Å². The largest absolute Gasteiger partial charge is 0.487 e. The zero-order valence-electron chi connectivity index (χ0n) is 18.1. The van der Waals surface area contributed by atoms with E-state index in [0.29, 0.717) is 34.8 Å². The van der Waals surface area contributed by atoms with Gasteiger partial charge < -0.3 is 4.74 Å². The zero-order valence-corrected chi connectivity index (χ0v) is 24.7. The molecule has 0 atom stereocenters. The Morgan fingerprint density at radius 3 is 2.50 bits per heavy atom. The summed E-state index contributed by atoms with van der Waals surface area (Å²) in [5.41, 5.74) is 2.41. The normalized spacial score (nSPS) is 11.4. The molecule has 0 aliphatic rings. The summed E-state index contributed by atoms with van der Waals surface area (Å²) < 4.78 is 10.2. The summed E-state index contributed by atoms with van der Waals surface area (Å²) in [7, 11) is 0. The fraction of sp³-hybridized carbons (Fsp3) is 0.160. The zero-order chi connectivity index (χ0) is 24.2. The van der Waals surface area contributed by atoms with Crippen LogP contribution in [0.2, 0.25) is 5.02 Å². The number of benzene rings is 3. The monoisotopic (exact) mass is 761 g/mol. The number of hydrogen-bond acceptors (Lipinski definition) is 4. The number of nitrogens with zero attached hydrogens (tertiary/aromatic N) is 3. The minimum Gasteiger partial charge on any atom is -0.487 e. The quantitative estimate of drug-likeness (QED) is 0.146. The van der Waals surface area contributed by atoms with Crippen LogP contribution >= 0.6 is 72.7 Å². The highest BCUT2D eigenvalue weighted by atomic mass is 127. The van der Waals surface area contributed by atoms with Gasteiger partial charge in [0, 0.05) is 15.9 Å². The molecule has 9 heteroatoms. The number of rotatable bonds is 7. The van der Waals surface area contributed by atoms with E-state index in [1.165, 1.54) is 4.68 Å². The molecule has 4 aromatic rings. The molecule has 4 rings (SSSR count). The standard InChI is InChI=1S/C25H19BrClI2N3O2/c1-2-3-23-31-22-9-6-17(26)12-19(22)25(33)32(23)30-13-16-10-20(28)24(21(29)11-16)34-14-15-4-7-18(27)8-5-15/h4-13H,2-3,14H2,1H3. The van der Waals surface area contributed by atoms with Gasteiger partial charge in [-0.3, -0.25) is 4.79 Å². The summed E-state index contributed by atoms with van der Waals surface area (Å²) in [4.78, 5) is 17.9. The third kappa shape index (κ3) is 6.00. The second-order valence-corrected chi connectivity index (χ2v) is 11.2. The Balaban J connectivity index is 1.63. The van der Waals surface area contributed by atoms with E-state index in [2.05, 4.69) is 78.1 Å². The van der Waals surface area contributed by atoms with Gasteiger partial charge in [0.25, 0.3) is 5.56 Å². The van der Waals surface area contributed by atoms with Crippen molar-refractivity contribution in [3.8, 4) is 5.75 Å². The Kier molecular flexibility index (Phi) is 8.65. The van der Waals surface area contributed by atoms with Crippen LogP contribution in [0.1, 0.15) is 30.3 Å². The SMILES string of the molecule is CCCc1nc2ccc(Br)cc2c(=O)n1N=Cc1cc(I)c(OCc2ccc(Cl)cc2)c(I)c1. The Morgan fingerprint density at radius 1 is 1.12 bits per heavy atom. The maximum absolute atomic E-state index is 13.2. The Morgan fingerprint density at radius 2 is 1.82 bits per heavy atom. The molecule has 0 aliphatic heterocycles. The van der Waals surface area contributed by atoms with E-state index in [-0.39, 0.29) is 5.56 Å². The van der Waals surface area contributed by atoms with Crippen LogP contribution in [0.3, 0.4) is 0 Å². The van der Waals surface area contributed by atoms with E-state index in [4.69, 9.17) is 16.3 Å². The first kappa shape index (κ1) is 25.6. The predicted octanol–water partition coefficient (Wildman–Crippen LogP) is 7.44. The van der Waals surface area contributed by atoms with Gasteiger partial charge in [0.15, 0.2) is 0 Å². The number of aryl methyl sites for hydroxylation is 1. The van der Waals surface area contributed by atoms with Crippen LogP contribution in [0, 0.1) is 7.14 Å². The lowest BCUT2D eigenvalue weighted by atomic mass is 10.2. The summed E-state index contributed by atoms with van der Waals surface area (Å²) in [5, 5.41) is 5.76. The fourth-order valence-corrected chi connectivity index (χ4v) is 5.97. The summed E-state index contributed by atoms with van der Waals surface area (Å²) in [6.07, 6.45) is 3.21. The smallest absolute Gasteiger partial charge is 0.282 e. The molecular formula is C25H19BrClI2N3O2. The average molecular weight is 763 g/mol. The first-order valence-electron chi connectivity index (χ1n) is 10.5. The first-order chi connectivity index (χ1) is 16.4. The average Bonchev–Trinajstić information content (AvgIpc) is 2.80. The predicted molar refractivity (Wildman–Crippen MR) is 158 cm³/mol. The number of aromatic nitrogens is 2. The van der Waals surface area contributed by atoms with Crippen molar-refractivity contribution < 1.29 is 4.74 Å². The van der Waals surface area contributed by atoms with Crippen LogP contribution < -0.4 is 10.3 Å². The molecule has 0 saturated carbocycles. The number of halogens is 4. The van der Waals surface area contributed by atoms with Crippen molar-refractivity contribution in [2.24, 2.45) is 5.10 Å². The van der Waals surface area contributed by atoms with Gasteiger partial charge in [-0.25, -0.2) is 4.98 Å². The topological polar surface area (TPSA) is 56.5 Å². The summed E-state index contributed by atoms with van der Waals surface area (Å²) in [5.74, 6) is 1.46. The summed E-state index contributed by atoms with van der Waals surface area (Å²) in [6, 6.07) is 17.1. The molecule has 0 bridgehead atoms. The van der Waals surface area contributed by atoms with Crippen molar-refractivity contribution in [1.82, 2.24) is 9.66 Å². The maximum Gasteiger partial charge on any atom is 0.282 e. The van der Waals surface area contributed by atoms with Gasteiger partial charge in [0.2, 0.25) is 0 Å². The van der Waals surface area contributed by atoms with E-state index in [1.807, 2.05) is 48.5 Å². The van der Waals surface area contributed by atoms with Crippen molar-refractivity contribution in [3.05, 3.63) is 98.5 Å². The number of ether oxygens (including phenoxy) is 1. The highest BCUT2D eigenvalue weighted by molar-refractivity contribution is 14.1. The lowest BCUT2D eigenvalue weighted by Crippen LogP contribution is -2.22. The van der Waals surface area contributed by atoms with Gasteiger partial charge in [-0.15, -0.1) is 0 Å². The summed E-state index contributed by atoms with van der Waals surface area (Å²) >= 11 is 13.9. The van der Waals surface area contributed by atoms with Crippen molar-refractivity contribution in [2.45, 2.75) is 26.4 Å². The molecule has 0 fully saturated rings. The molecule has 0 N–H and O–H groups in total. The van der Waals surface area contributed by atoms with Crippen LogP contribution in [0.25, 0.3) is 10.9 Å². The second-order valence-electron chi connectivity index (χ2n) is 7.53. The van der Waals surface area contributed by atoms with E-state index < -0.39 is 0 Å². The maximum atomic E-state index is 13.2. The van der Waals surface area contributed by atoms with Crippen molar-refractivity contribution >= 4 is 89.8 Å². The van der Waals surface area contributed by atoms with Crippen molar-refractivity contribution in [1.29, 1.82) is 0 Å². The molecule has 0 spiro atoms. The number of hydrogen-bond donors (Lipinski definition) is 0. The van der Waals surface area contributed by atoms with Crippen LogP contribution in [0.4, 0.5) is 0 Å². The molecule has 0 saturated heterocycles. The third-order valence-electron chi connectivity index (χ3n) is 4.99. The molecule has 1 heterocycles. The van der Waals surface area contributed by atoms with Crippen LogP contribution in [0.15, 0.2) is 69.0 Å². The molecule has 0 unspecified atom stereocenters. The molecule has 34 heavy (non-hydrogen) atoms. The van der Waals surface area contributed by atoms with E-state index >= 15 is 0 Å². The Labute approximate surface area is 238 Å². The molecule has 0 amide bonds. The molecule has 0 aliphatic carbocycles.